The molecule has 4 aromatic rings. The molecule has 158 valence electrons. The van der Waals surface area contributed by atoms with Gasteiger partial charge in [-0.15, -0.1) is 0 Å². The largest absolute Gasteiger partial charge is 0.372 e. The van der Waals surface area contributed by atoms with Gasteiger partial charge in [-0.1, -0.05) is 5.16 Å². The van der Waals surface area contributed by atoms with Gasteiger partial charge in [0.05, 0.1) is 35.2 Å². The summed E-state index contributed by atoms with van der Waals surface area (Å²) in [6.07, 6.45) is 6.86. The molecule has 0 N–H and O–H groups in total. The third-order valence-electron chi connectivity index (χ3n) is 5.23. The lowest BCUT2D eigenvalue weighted by atomic mass is 10.1. The third kappa shape index (κ3) is 3.34. The molecule has 0 aliphatic carbocycles. The minimum atomic E-state index is -0.622. The maximum Gasteiger partial charge on any atom is 0.206 e. The number of hydrogen-bond acceptors (Lipinski definition) is 8. The number of aldehydes is 1. The predicted octanol–water partition coefficient (Wildman–Crippen LogP) is 3.04. The highest BCUT2D eigenvalue weighted by atomic mass is 19.1. The van der Waals surface area contributed by atoms with Crippen LogP contribution in [0.1, 0.15) is 24.2 Å². The molecule has 10 heteroatoms. The molecular weight excluding hydrogens is 403 g/mol. The summed E-state index contributed by atoms with van der Waals surface area (Å²) in [5.41, 5.74) is 1.82. The van der Waals surface area contributed by atoms with Crippen molar-refractivity contribution >= 4 is 22.9 Å². The predicted molar refractivity (Wildman–Crippen MR) is 110 cm³/mol. The summed E-state index contributed by atoms with van der Waals surface area (Å²) in [6, 6.07) is 3.34. The number of fused-ring (bicyclic) bond motifs is 1. The Morgan fingerprint density at radius 2 is 2.06 bits per heavy atom. The highest BCUT2D eigenvalue weighted by Crippen LogP contribution is 2.35. The molecule has 2 atom stereocenters. The van der Waals surface area contributed by atoms with E-state index in [9.17, 15) is 4.79 Å². The number of hydrogen-bond donors (Lipinski definition) is 0. The van der Waals surface area contributed by atoms with Crippen molar-refractivity contribution in [3.8, 4) is 17.1 Å². The number of rotatable bonds is 4. The molecule has 1 aromatic carbocycles. The topological polar surface area (TPSA) is 99.2 Å². The van der Waals surface area contributed by atoms with Crippen LogP contribution in [-0.4, -0.2) is 56.5 Å². The van der Waals surface area contributed by atoms with Crippen molar-refractivity contribution in [1.82, 2.24) is 24.9 Å². The molecule has 1 saturated heterocycles. The molecule has 0 amide bonds. The number of benzene rings is 1. The second kappa shape index (κ2) is 7.55. The number of nitrogens with zero attached hydrogens (tertiary/aromatic N) is 6. The van der Waals surface area contributed by atoms with E-state index in [1.807, 2.05) is 18.7 Å². The molecule has 1 aliphatic rings. The second-order valence-electron chi connectivity index (χ2n) is 7.56. The average Bonchev–Trinajstić information content (AvgIpc) is 3.40. The normalized spacial score (nSPS) is 19.1. The molecule has 1 aliphatic heterocycles. The van der Waals surface area contributed by atoms with Crippen LogP contribution in [0.15, 0.2) is 41.6 Å². The summed E-state index contributed by atoms with van der Waals surface area (Å²) < 4.78 is 28.1. The summed E-state index contributed by atoms with van der Waals surface area (Å²) in [7, 11) is 0. The SMILES string of the molecule is C[C@@H]1CN(c2c(C=O)cc3c(-n4cc(-c5ccncn5)cn4)noc3c2F)C[C@H](C)O1. The van der Waals surface area contributed by atoms with Gasteiger partial charge in [-0.25, -0.2) is 19.0 Å². The molecule has 31 heavy (non-hydrogen) atoms. The first-order valence-electron chi connectivity index (χ1n) is 9.84. The molecule has 0 unspecified atom stereocenters. The van der Waals surface area contributed by atoms with Crippen molar-refractivity contribution in [2.75, 3.05) is 18.0 Å². The van der Waals surface area contributed by atoms with Gasteiger partial charge in [0, 0.05) is 36.6 Å². The van der Waals surface area contributed by atoms with Gasteiger partial charge in [-0.3, -0.25) is 4.79 Å². The number of aromatic nitrogens is 5. The fraction of sp³-hybridized carbons (Fsp3) is 0.286. The summed E-state index contributed by atoms with van der Waals surface area (Å²) >= 11 is 0. The Kier molecular flexibility index (Phi) is 4.70. The Labute approximate surface area is 176 Å². The van der Waals surface area contributed by atoms with Gasteiger partial charge in [0.1, 0.15) is 6.33 Å². The molecule has 3 aromatic heterocycles. The number of morpholine rings is 1. The van der Waals surface area contributed by atoms with E-state index in [1.165, 1.54) is 11.0 Å². The molecule has 4 heterocycles. The maximum absolute atomic E-state index is 15.5. The van der Waals surface area contributed by atoms with Gasteiger partial charge < -0.3 is 14.2 Å². The lowest BCUT2D eigenvalue weighted by molar-refractivity contribution is -0.00543. The smallest absolute Gasteiger partial charge is 0.206 e. The monoisotopic (exact) mass is 422 g/mol. The number of ether oxygens (including phenoxy) is 1. The van der Waals surface area contributed by atoms with Gasteiger partial charge in [0.15, 0.2) is 12.1 Å². The highest BCUT2D eigenvalue weighted by molar-refractivity contribution is 5.97. The minimum absolute atomic E-state index is 0.0264. The van der Waals surface area contributed by atoms with Crippen LogP contribution < -0.4 is 4.90 Å². The maximum atomic E-state index is 15.5. The van der Waals surface area contributed by atoms with E-state index in [4.69, 9.17) is 9.26 Å². The van der Waals surface area contributed by atoms with Gasteiger partial charge in [0.25, 0.3) is 0 Å². The van der Waals surface area contributed by atoms with E-state index < -0.39 is 5.82 Å². The Bertz CT molecular complexity index is 1240. The van der Waals surface area contributed by atoms with Crippen LogP contribution >= 0.6 is 0 Å². The van der Waals surface area contributed by atoms with Gasteiger partial charge in [-0.05, 0) is 26.0 Å². The first kappa shape index (κ1) is 19.3. The van der Waals surface area contributed by atoms with E-state index in [-0.39, 0.29) is 34.9 Å². The summed E-state index contributed by atoms with van der Waals surface area (Å²) in [5.74, 6) is -0.338. The Morgan fingerprint density at radius 3 is 2.77 bits per heavy atom. The van der Waals surface area contributed by atoms with Crippen molar-refractivity contribution < 1.29 is 18.4 Å². The molecule has 0 saturated carbocycles. The zero-order valence-corrected chi connectivity index (χ0v) is 16.9. The fourth-order valence-corrected chi connectivity index (χ4v) is 4.00. The lowest BCUT2D eigenvalue weighted by Gasteiger charge is -2.37. The third-order valence-corrected chi connectivity index (χ3v) is 5.23. The van der Waals surface area contributed by atoms with Crippen molar-refractivity contribution in [3.63, 3.8) is 0 Å². The minimum Gasteiger partial charge on any atom is -0.372 e. The summed E-state index contributed by atoms with van der Waals surface area (Å²) in [5, 5.41) is 8.67. The van der Waals surface area contributed by atoms with Crippen LogP contribution in [0.2, 0.25) is 0 Å². The van der Waals surface area contributed by atoms with Crippen LogP contribution in [0.4, 0.5) is 10.1 Å². The van der Waals surface area contributed by atoms with E-state index >= 15 is 4.39 Å². The molecule has 9 nitrogen and oxygen atoms in total. The van der Waals surface area contributed by atoms with Gasteiger partial charge >= 0.3 is 0 Å². The summed E-state index contributed by atoms with van der Waals surface area (Å²) in [4.78, 5) is 21.8. The Hall–Kier alpha value is -3.66. The molecular formula is C21H19FN6O3. The van der Waals surface area contributed by atoms with Crippen LogP contribution in [0.25, 0.3) is 28.0 Å². The number of halogens is 1. The van der Waals surface area contributed by atoms with Crippen LogP contribution in [-0.2, 0) is 4.74 Å². The number of anilines is 1. The highest BCUT2D eigenvalue weighted by Gasteiger charge is 2.29. The quantitative estimate of drug-likeness (QED) is 0.463. The van der Waals surface area contributed by atoms with E-state index in [0.717, 1.165) is 5.56 Å². The molecule has 0 bridgehead atoms. The van der Waals surface area contributed by atoms with Gasteiger partial charge in [-0.2, -0.15) is 5.10 Å². The summed E-state index contributed by atoms with van der Waals surface area (Å²) in [6.45, 7) is 4.77. The van der Waals surface area contributed by atoms with E-state index in [1.54, 1.807) is 30.7 Å². The van der Waals surface area contributed by atoms with Crippen LogP contribution in [0.5, 0.6) is 0 Å². The molecule has 0 radical (unpaired) electrons. The number of carbonyl (C=O) groups excluding carboxylic acids is 1. The van der Waals surface area contributed by atoms with E-state index in [0.29, 0.717) is 30.5 Å². The first-order valence-corrected chi connectivity index (χ1v) is 9.84. The molecule has 1 fully saturated rings. The zero-order chi connectivity index (χ0) is 21.5. The van der Waals surface area contributed by atoms with Crippen LogP contribution in [0, 0.1) is 5.82 Å². The van der Waals surface area contributed by atoms with Crippen molar-refractivity contribution in [2.45, 2.75) is 26.1 Å². The van der Waals surface area contributed by atoms with Crippen LogP contribution in [0.3, 0.4) is 0 Å². The fourth-order valence-electron chi connectivity index (χ4n) is 4.00. The van der Waals surface area contributed by atoms with Crippen molar-refractivity contribution in [2.24, 2.45) is 0 Å². The Morgan fingerprint density at radius 1 is 1.26 bits per heavy atom. The molecule has 5 rings (SSSR count). The first-order chi connectivity index (χ1) is 15.0. The van der Waals surface area contributed by atoms with Crippen molar-refractivity contribution in [1.29, 1.82) is 0 Å². The van der Waals surface area contributed by atoms with Gasteiger partial charge in [0.2, 0.25) is 11.4 Å². The number of carbonyl (C=O) groups is 1. The Balaban J connectivity index is 1.59. The lowest BCUT2D eigenvalue weighted by Crippen LogP contribution is -2.46. The average molecular weight is 422 g/mol. The second-order valence-corrected chi connectivity index (χ2v) is 7.56. The zero-order valence-electron chi connectivity index (χ0n) is 16.9. The standard InChI is InChI=1S/C21H19FN6O3/c1-12-7-27(8-13(2)30-12)19-14(10-29)5-16-20(18(19)22)31-26-21(16)28-9-15(6-25-28)17-3-4-23-11-24-17/h3-6,9-13H,7-8H2,1-2H3/t12-,13+. The van der Waals surface area contributed by atoms with Crippen molar-refractivity contribution in [3.05, 3.63) is 48.4 Å². The molecule has 0 spiro atoms. The van der Waals surface area contributed by atoms with E-state index in [2.05, 4.69) is 20.2 Å².